The van der Waals surface area contributed by atoms with E-state index in [9.17, 15) is 9.59 Å². The molecule has 2 amide bonds. The zero-order valence-corrected chi connectivity index (χ0v) is 21.6. The van der Waals surface area contributed by atoms with Gasteiger partial charge in [0.15, 0.2) is 11.5 Å². The molecule has 0 N–H and O–H groups in total. The van der Waals surface area contributed by atoms with E-state index in [0.717, 1.165) is 31.8 Å². The highest BCUT2D eigenvalue weighted by Crippen LogP contribution is 2.38. The summed E-state index contributed by atoms with van der Waals surface area (Å²) in [4.78, 5) is 26.6. The molecule has 170 valence electrons. The molecule has 0 spiro atoms. The molecule has 0 bridgehead atoms. The maximum Gasteiger partial charge on any atom is 0.293 e. The Balaban J connectivity index is 1.63. The number of thioether (sulfide) groups is 1. The Bertz CT molecular complexity index is 1250. The third-order valence-electron chi connectivity index (χ3n) is 5.22. The van der Waals surface area contributed by atoms with Crippen LogP contribution in [0, 0.1) is 3.57 Å². The number of benzene rings is 3. The van der Waals surface area contributed by atoms with Crippen molar-refractivity contribution in [2.75, 3.05) is 6.61 Å². The summed E-state index contributed by atoms with van der Waals surface area (Å²) in [6.45, 7) is 6.47. The lowest BCUT2D eigenvalue weighted by Crippen LogP contribution is -2.34. The van der Waals surface area contributed by atoms with Crippen molar-refractivity contribution in [1.29, 1.82) is 0 Å². The number of nitrogens with zero attached hydrogens (tertiary/aromatic N) is 1. The van der Waals surface area contributed by atoms with Crippen LogP contribution in [-0.2, 0) is 11.4 Å². The zero-order chi connectivity index (χ0) is 23.5. The molecule has 5 nitrogen and oxygen atoms in total. The standard InChI is InChI=1S/C26H24INO4S/c1-4-31-22-13-17(14-23-25(29)28(16(2)3)26(30)33-23)12-21(27)24(22)32-15-19-10-7-9-18-8-5-6-11-20(18)19/h5-14,16H,4,15H2,1-3H3/b23-14+. The SMILES string of the molecule is CCOc1cc(/C=C2/SC(=O)N(C(C)C)C2=O)cc(I)c1OCc1cccc2ccccc12. The van der Waals surface area contributed by atoms with Crippen LogP contribution >= 0.6 is 34.4 Å². The number of fused-ring (bicyclic) bond motifs is 1. The van der Waals surface area contributed by atoms with Crippen LogP contribution in [0.4, 0.5) is 4.79 Å². The first-order chi connectivity index (χ1) is 15.9. The molecule has 7 heteroatoms. The molecule has 0 aliphatic carbocycles. The van der Waals surface area contributed by atoms with Gasteiger partial charge in [0.05, 0.1) is 15.1 Å². The summed E-state index contributed by atoms with van der Waals surface area (Å²) in [6.07, 6.45) is 1.74. The van der Waals surface area contributed by atoms with E-state index in [1.807, 2.05) is 51.1 Å². The molecule has 1 fully saturated rings. The Morgan fingerprint density at radius 2 is 1.82 bits per heavy atom. The third kappa shape index (κ3) is 5.04. The lowest BCUT2D eigenvalue weighted by Gasteiger charge is -2.16. The second kappa shape index (κ2) is 10.2. The predicted molar refractivity (Wildman–Crippen MR) is 142 cm³/mol. The van der Waals surface area contributed by atoms with E-state index in [1.165, 1.54) is 10.3 Å². The number of carbonyl (C=O) groups excluding carboxylic acids is 2. The van der Waals surface area contributed by atoms with Gasteiger partial charge >= 0.3 is 0 Å². The van der Waals surface area contributed by atoms with E-state index in [0.29, 0.717) is 29.6 Å². The number of rotatable bonds is 7. The molecule has 0 radical (unpaired) electrons. The van der Waals surface area contributed by atoms with Gasteiger partial charge in [0.1, 0.15) is 6.61 Å². The molecule has 3 aromatic carbocycles. The molecular formula is C26H24INO4S. The molecule has 1 aliphatic rings. The molecule has 1 heterocycles. The maximum absolute atomic E-state index is 12.6. The van der Waals surface area contributed by atoms with Crippen LogP contribution in [0.25, 0.3) is 16.8 Å². The van der Waals surface area contributed by atoms with Gasteiger partial charge in [-0.2, -0.15) is 0 Å². The summed E-state index contributed by atoms with van der Waals surface area (Å²) in [7, 11) is 0. The predicted octanol–water partition coefficient (Wildman–Crippen LogP) is 6.87. The Hall–Kier alpha value is -2.52. The van der Waals surface area contributed by atoms with Gasteiger partial charge in [-0.3, -0.25) is 14.5 Å². The van der Waals surface area contributed by atoms with Gasteiger partial charge in [-0.1, -0.05) is 42.5 Å². The van der Waals surface area contributed by atoms with Crippen molar-refractivity contribution in [3.63, 3.8) is 0 Å². The van der Waals surface area contributed by atoms with E-state index in [1.54, 1.807) is 6.08 Å². The highest BCUT2D eigenvalue weighted by atomic mass is 127. The van der Waals surface area contributed by atoms with Gasteiger partial charge in [-0.25, -0.2) is 0 Å². The summed E-state index contributed by atoms with van der Waals surface area (Å²) in [5.74, 6) is 1.01. The Labute approximate surface area is 211 Å². The van der Waals surface area contributed by atoms with Crippen molar-refractivity contribution in [1.82, 2.24) is 4.90 Å². The molecule has 0 atom stereocenters. The number of hydrogen-bond donors (Lipinski definition) is 0. The lowest BCUT2D eigenvalue weighted by atomic mass is 10.1. The van der Waals surface area contributed by atoms with Crippen molar-refractivity contribution < 1.29 is 19.1 Å². The smallest absolute Gasteiger partial charge is 0.293 e. The largest absolute Gasteiger partial charge is 0.490 e. The number of halogens is 1. The van der Waals surface area contributed by atoms with Crippen LogP contribution in [-0.4, -0.2) is 28.7 Å². The van der Waals surface area contributed by atoms with Crippen LogP contribution in [0.5, 0.6) is 11.5 Å². The molecular weight excluding hydrogens is 549 g/mol. The minimum Gasteiger partial charge on any atom is -0.490 e. The summed E-state index contributed by atoms with van der Waals surface area (Å²) >= 11 is 3.19. The Morgan fingerprint density at radius 1 is 1.06 bits per heavy atom. The Morgan fingerprint density at radius 3 is 2.55 bits per heavy atom. The van der Waals surface area contributed by atoms with E-state index in [4.69, 9.17) is 9.47 Å². The number of imide groups is 1. The Kier molecular flexibility index (Phi) is 7.29. The highest BCUT2D eigenvalue weighted by Gasteiger charge is 2.36. The number of hydrogen-bond acceptors (Lipinski definition) is 5. The highest BCUT2D eigenvalue weighted by molar-refractivity contribution is 14.1. The zero-order valence-electron chi connectivity index (χ0n) is 18.6. The summed E-state index contributed by atoms with van der Waals surface area (Å²) < 4.78 is 13.0. The van der Waals surface area contributed by atoms with Crippen LogP contribution < -0.4 is 9.47 Å². The first-order valence-corrected chi connectivity index (χ1v) is 12.6. The second-order valence-electron chi connectivity index (χ2n) is 7.84. The van der Waals surface area contributed by atoms with Gasteiger partial charge in [-0.15, -0.1) is 0 Å². The van der Waals surface area contributed by atoms with Gasteiger partial charge in [0, 0.05) is 6.04 Å². The van der Waals surface area contributed by atoms with Gasteiger partial charge in [0.2, 0.25) is 0 Å². The summed E-state index contributed by atoms with van der Waals surface area (Å²) in [5.41, 5.74) is 1.88. The maximum atomic E-state index is 12.6. The van der Waals surface area contributed by atoms with E-state index in [-0.39, 0.29) is 17.2 Å². The first-order valence-electron chi connectivity index (χ1n) is 10.7. The number of ether oxygens (including phenoxy) is 2. The van der Waals surface area contributed by atoms with Crippen LogP contribution in [0.15, 0.2) is 59.5 Å². The topological polar surface area (TPSA) is 55.8 Å². The number of carbonyl (C=O) groups is 2. The average molecular weight is 573 g/mol. The molecule has 4 rings (SSSR count). The fraction of sp³-hybridized carbons (Fsp3) is 0.231. The van der Waals surface area contributed by atoms with Crippen molar-refractivity contribution in [2.24, 2.45) is 0 Å². The molecule has 0 unspecified atom stereocenters. The molecule has 0 aromatic heterocycles. The third-order valence-corrected chi connectivity index (χ3v) is 6.91. The second-order valence-corrected chi connectivity index (χ2v) is 9.99. The van der Waals surface area contributed by atoms with Crippen molar-refractivity contribution >= 4 is 62.3 Å². The molecule has 1 aliphatic heterocycles. The van der Waals surface area contributed by atoms with Crippen LogP contribution in [0.2, 0.25) is 0 Å². The molecule has 3 aromatic rings. The fourth-order valence-electron chi connectivity index (χ4n) is 3.72. The summed E-state index contributed by atoms with van der Waals surface area (Å²) in [5, 5.41) is 2.09. The lowest BCUT2D eigenvalue weighted by molar-refractivity contribution is -0.123. The van der Waals surface area contributed by atoms with Crippen molar-refractivity contribution in [3.8, 4) is 11.5 Å². The number of amides is 2. The molecule has 33 heavy (non-hydrogen) atoms. The van der Waals surface area contributed by atoms with Gasteiger partial charge < -0.3 is 9.47 Å². The van der Waals surface area contributed by atoms with Gasteiger partial charge in [-0.05, 0) is 95.2 Å². The minimum atomic E-state index is -0.260. The van der Waals surface area contributed by atoms with E-state index < -0.39 is 0 Å². The van der Waals surface area contributed by atoms with Crippen LogP contribution in [0.3, 0.4) is 0 Å². The van der Waals surface area contributed by atoms with Crippen molar-refractivity contribution in [2.45, 2.75) is 33.4 Å². The van der Waals surface area contributed by atoms with Crippen LogP contribution in [0.1, 0.15) is 31.9 Å². The van der Waals surface area contributed by atoms with E-state index in [2.05, 4.69) is 46.9 Å². The van der Waals surface area contributed by atoms with E-state index >= 15 is 0 Å². The quantitative estimate of drug-likeness (QED) is 0.228. The first kappa shape index (κ1) is 23.6. The fourth-order valence-corrected chi connectivity index (χ4v) is 5.46. The van der Waals surface area contributed by atoms with Gasteiger partial charge in [0.25, 0.3) is 11.1 Å². The van der Waals surface area contributed by atoms with Crippen molar-refractivity contribution in [3.05, 3.63) is 74.2 Å². The molecule has 1 saturated heterocycles. The average Bonchev–Trinajstić information content (AvgIpc) is 3.06. The summed E-state index contributed by atoms with van der Waals surface area (Å²) in [6, 6.07) is 18.0. The monoisotopic (exact) mass is 573 g/mol. The minimum absolute atomic E-state index is 0.174. The normalized spacial score (nSPS) is 15.2. The molecule has 0 saturated carbocycles.